The van der Waals surface area contributed by atoms with Crippen LogP contribution in [0.5, 0.6) is 0 Å². The Morgan fingerprint density at radius 3 is 2.61 bits per heavy atom. The zero-order chi connectivity index (χ0) is 16.1. The summed E-state index contributed by atoms with van der Waals surface area (Å²) in [6.45, 7) is 0. The van der Waals surface area contributed by atoms with Crippen LogP contribution < -0.4 is 10.6 Å². The molecule has 0 atom stereocenters. The molecule has 2 heterocycles. The van der Waals surface area contributed by atoms with Gasteiger partial charge in [-0.3, -0.25) is 4.79 Å². The molecule has 0 aliphatic rings. The number of hydrogen-bond acceptors (Lipinski definition) is 5. The Bertz CT molecular complexity index is 790. The van der Waals surface area contributed by atoms with Crippen molar-refractivity contribution >= 4 is 50.5 Å². The number of thiophene rings is 1. The fourth-order valence-electron chi connectivity index (χ4n) is 1.94. The summed E-state index contributed by atoms with van der Waals surface area (Å²) in [6, 6.07) is 15.1. The summed E-state index contributed by atoms with van der Waals surface area (Å²) >= 11 is 4.97. The van der Waals surface area contributed by atoms with Crippen LogP contribution in [-0.2, 0) is 11.2 Å². The van der Waals surface area contributed by atoms with Gasteiger partial charge in [0.2, 0.25) is 5.91 Å². The number of nitrogens with one attached hydrogen (secondary N) is 2. The molecule has 0 saturated carbocycles. The van der Waals surface area contributed by atoms with Gasteiger partial charge in [0.05, 0.1) is 6.42 Å². The minimum absolute atomic E-state index is 0.102. The molecule has 3 aromatic rings. The van der Waals surface area contributed by atoms with Crippen molar-refractivity contribution in [1.82, 2.24) is 10.2 Å². The number of carbonyl (C=O) groups excluding carboxylic acids is 1. The molecular weight excluding hydrogens is 376 g/mol. The lowest BCUT2D eigenvalue weighted by molar-refractivity contribution is -0.115. The summed E-state index contributed by atoms with van der Waals surface area (Å²) in [5, 5.41) is 15.9. The predicted molar refractivity (Wildman–Crippen MR) is 96.1 cm³/mol. The molecule has 5 nitrogen and oxygen atoms in total. The molecule has 0 radical (unpaired) electrons. The molecule has 0 saturated heterocycles. The minimum Gasteiger partial charge on any atom is -0.339 e. The zero-order valence-corrected chi connectivity index (χ0v) is 14.4. The lowest BCUT2D eigenvalue weighted by Crippen LogP contribution is -2.15. The number of hydrogen-bond donors (Lipinski definition) is 2. The fourth-order valence-corrected chi connectivity index (χ4v) is 3.04. The van der Waals surface area contributed by atoms with E-state index in [0.29, 0.717) is 18.1 Å². The van der Waals surface area contributed by atoms with E-state index in [2.05, 4.69) is 36.8 Å². The van der Waals surface area contributed by atoms with Crippen molar-refractivity contribution in [3.63, 3.8) is 0 Å². The Balaban J connectivity index is 1.59. The third-order valence-electron chi connectivity index (χ3n) is 2.94. The molecule has 23 heavy (non-hydrogen) atoms. The normalized spacial score (nSPS) is 10.3. The van der Waals surface area contributed by atoms with Gasteiger partial charge in [0, 0.05) is 15.0 Å². The average molecular weight is 389 g/mol. The fraction of sp³-hybridized carbons (Fsp3) is 0.0625. The van der Waals surface area contributed by atoms with Gasteiger partial charge in [0.15, 0.2) is 11.6 Å². The molecule has 1 amide bonds. The highest BCUT2D eigenvalue weighted by Gasteiger charge is 2.06. The number of nitrogens with zero attached hydrogens (tertiary/aromatic N) is 2. The summed E-state index contributed by atoms with van der Waals surface area (Å²) in [4.78, 5) is 12.9. The summed E-state index contributed by atoms with van der Waals surface area (Å²) in [7, 11) is 0. The summed E-state index contributed by atoms with van der Waals surface area (Å²) in [5.74, 6) is 0.945. The second-order valence-corrected chi connectivity index (χ2v) is 6.69. The largest absolute Gasteiger partial charge is 0.339 e. The molecule has 116 valence electrons. The second kappa shape index (κ2) is 7.34. The van der Waals surface area contributed by atoms with Gasteiger partial charge in [-0.15, -0.1) is 21.5 Å². The van der Waals surface area contributed by atoms with Crippen LogP contribution in [0.1, 0.15) is 4.88 Å². The number of amides is 1. The zero-order valence-electron chi connectivity index (χ0n) is 12.0. The van der Waals surface area contributed by atoms with E-state index in [9.17, 15) is 4.79 Å². The van der Waals surface area contributed by atoms with E-state index >= 15 is 0 Å². The van der Waals surface area contributed by atoms with Gasteiger partial charge in [-0.05, 0) is 41.8 Å². The Morgan fingerprint density at radius 2 is 1.91 bits per heavy atom. The molecular formula is C16H13BrN4OS. The second-order valence-electron chi connectivity index (χ2n) is 4.74. The molecule has 2 aromatic heterocycles. The van der Waals surface area contributed by atoms with Crippen LogP contribution in [0, 0.1) is 0 Å². The first-order chi connectivity index (χ1) is 11.2. The van der Waals surface area contributed by atoms with Crippen molar-refractivity contribution in [1.29, 1.82) is 0 Å². The van der Waals surface area contributed by atoms with Crippen LogP contribution in [0.3, 0.4) is 0 Å². The van der Waals surface area contributed by atoms with E-state index in [0.717, 1.165) is 15.0 Å². The lowest BCUT2D eigenvalue weighted by Gasteiger charge is -2.07. The highest BCUT2D eigenvalue weighted by Crippen LogP contribution is 2.19. The van der Waals surface area contributed by atoms with Crippen molar-refractivity contribution in [3.8, 4) is 0 Å². The maximum atomic E-state index is 11.9. The number of rotatable bonds is 5. The summed E-state index contributed by atoms with van der Waals surface area (Å²) in [6.07, 6.45) is 0.345. The van der Waals surface area contributed by atoms with Crippen LogP contribution in [0.2, 0.25) is 0 Å². The van der Waals surface area contributed by atoms with E-state index in [1.165, 1.54) is 0 Å². The van der Waals surface area contributed by atoms with Crippen LogP contribution in [0.25, 0.3) is 0 Å². The van der Waals surface area contributed by atoms with E-state index in [-0.39, 0.29) is 5.91 Å². The van der Waals surface area contributed by atoms with Crippen molar-refractivity contribution < 1.29 is 4.79 Å². The topological polar surface area (TPSA) is 66.9 Å². The lowest BCUT2D eigenvalue weighted by atomic mass is 10.3. The Labute approximate surface area is 145 Å². The molecule has 7 heteroatoms. The van der Waals surface area contributed by atoms with E-state index in [1.54, 1.807) is 23.5 Å². The first kappa shape index (κ1) is 15.6. The molecule has 0 spiro atoms. The molecule has 0 fully saturated rings. The molecule has 2 N–H and O–H groups in total. The van der Waals surface area contributed by atoms with Crippen LogP contribution in [0.15, 0.2) is 58.4 Å². The van der Waals surface area contributed by atoms with E-state index < -0.39 is 0 Å². The first-order valence-corrected chi connectivity index (χ1v) is 8.55. The Morgan fingerprint density at radius 1 is 1.09 bits per heavy atom. The van der Waals surface area contributed by atoms with Gasteiger partial charge in [-0.25, -0.2) is 0 Å². The highest BCUT2D eigenvalue weighted by molar-refractivity contribution is 9.10. The maximum absolute atomic E-state index is 11.9. The van der Waals surface area contributed by atoms with Gasteiger partial charge in [-0.1, -0.05) is 28.1 Å². The smallest absolute Gasteiger partial charge is 0.230 e. The van der Waals surface area contributed by atoms with Crippen molar-refractivity contribution in [2.75, 3.05) is 10.6 Å². The molecule has 0 bridgehead atoms. The van der Waals surface area contributed by atoms with Crippen LogP contribution in [-0.4, -0.2) is 16.1 Å². The van der Waals surface area contributed by atoms with Gasteiger partial charge in [0.1, 0.15) is 0 Å². The molecule has 0 unspecified atom stereocenters. The Hall–Kier alpha value is -2.25. The number of anilines is 3. The van der Waals surface area contributed by atoms with Crippen LogP contribution in [0.4, 0.5) is 17.3 Å². The minimum atomic E-state index is -0.102. The van der Waals surface area contributed by atoms with Gasteiger partial charge in [0.25, 0.3) is 0 Å². The monoisotopic (exact) mass is 388 g/mol. The number of halogens is 1. The van der Waals surface area contributed by atoms with Crippen molar-refractivity contribution in [2.45, 2.75) is 6.42 Å². The molecule has 1 aromatic carbocycles. The first-order valence-electron chi connectivity index (χ1n) is 6.87. The number of carbonyl (C=O) groups is 1. The number of aromatic nitrogens is 2. The maximum Gasteiger partial charge on any atom is 0.230 e. The molecule has 0 aliphatic carbocycles. The quantitative estimate of drug-likeness (QED) is 0.686. The van der Waals surface area contributed by atoms with Crippen molar-refractivity contribution in [3.05, 3.63) is 63.3 Å². The van der Waals surface area contributed by atoms with Gasteiger partial charge in [-0.2, -0.15) is 0 Å². The van der Waals surface area contributed by atoms with Crippen molar-refractivity contribution in [2.24, 2.45) is 0 Å². The van der Waals surface area contributed by atoms with Gasteiger partial charge >= 0.3 is 0 Å². The predicted octanol–water partition coefficient (Wildman–Crippen LogP) is 4.23. The van der Waals surface area contributed by atoms with Crippen LogP contribution >= 0.6 is 27.3 Å². The Kier molecular flexibility index (Phi) is 4.99. The third kappa shape index (κ3) is 4.61. The standard InChI is InChI=1S/C16H13BrN4OS/c17-11-3-1-4-12(9-11)18-14-6-7-15(21-20-14)19-16(22)10-13-5-2-8-23-13/h1-9H,10H2,(H,18,20)(H,19,21,22). The molecule has 0 aliphatic heterocycles. The molecule has 3 rings (SSSR count). The SMILES string of the molecule is O=C(Cc1cccs1)Nc1ccc(Nc2cccc(Br)c2)nn1. The van der Waals surface area contributed by atoms with E-state index in [4.69, 9.17) is 0 Å². The summed E-state index contributed by atoms with van der Waals surface area (Å²) < 4.78 is 0.980. The third-order valence-corrected chi connectivity index (χ3v) is 4.31. The van der Waals surface area contributed by atoms with E-state index in [1.807, 2.05) is 41.8 Å². The van der Waals surface area contributed by atoms with Gasteiger partial charge < -0.3 is 10.6 Å². The summed E-state index contributed by atoms with van der Waals surface area (Å²) in [5.41, 5.74) is 0.906. The number of benzene rings is 1. The highest BCUT2D eigenvalue weighted by atomic mass is 79.9. The average Bonchev–Trinajstić information content (AvgIpc) is 3.02.